The number of amides is 1. The molecule has 21 heavy (non-hydrogen) atoms. The molecule has 2 fully saturated rings. The van der Waals surface area contributed by atoms with Gasteiger partial charge in [0.15, 0.2) is 0 Å². The lowest BCUT2D eigenvalue weighted by Gasteiger charge is -2.23. The van der Waals surface area contributed by atoms with Crippen molar-refractivity contribution in [3.63, 3.8) is 0 Å². The smallest absolute Gasteiger partial charge is 0.233 e. The Balaban J connectivity index is 0.00000161. The van der Waals surface area contributed by atoms with Gasteiger partial charge in [0.2, 0.25) is 5.91 Å². The number of hydrogen-bond donors (Lipinski definition) is 1. The molecule has 5 heteroatoms. The van der Waals surface area contributed by atoms with Gasteiger partial charge in [-0.2, -0.15) is 0 Å². The zero-order valence-corrected chi connectivity index (χ0v) is 13.8. The van der Waals surface area contributed by atoms with Crippen molar-refractivity contribution in [2.24, 2.45) is 5.92 Å². The van der Waals surface area contributed by atoms with Crippen LogP contribution >= 0.6 is 24.0 Å². The Hall–Kier alpha value is -0.770. The zero-order chi connectivity index (χ0) is 14.2. The van der Waals surface area contributed by atoms with Crippen LogP contribution in [0.2, 0.25) is 5.02 Å². The number of halogens is 2. The first-order chi connectivity index (χ1) is 9.65. The fourth-order valence-electron chi connectivity index (χ4n) is 3.30. The fourth-order valence-corrected chi connectivity index (χ4v) is 3.42. The SMILES string of the molecule is CNCC1CCN(C(=O)C2(c3ccc(Cl)cc3)CC2)C1.Cl. The van der Waals surface area contributed by atoms with Crippen LogP contribution in [-0.2, 0) is 10.2 Å². The van der Waals surface area contributed by atoms with Crippen molar-refractivity contribution in [3.05, 3.63) is 34.9 Å². The minimum atomic E-state index is -0.251. The molecule has 0 radical (unpaired) electrons. The Morgan fingerprint density at radius 2 is 2.05 bits per heavy atom. The summed E-state index contributed by atoms with van der Waals surface area (Å²) in [6, 6.07) is 7.79. The van der Waals surface area contributed by atoms with E-state index in [0.717, 1.165) is 49.5 Å². The lowest BCUT2D eigenvalue weighted by atomic mass is 9.94. The lowest BCUT2D eigenvalue weighted by Crippen LogP contribution is -2.38. The molecule has 0 spiro atoms. The third-order valence-electron chi connectivity index (χ3n) is 4.62. The van der Waals surface area contributed by atoms with Crippen LogP contribution in [0.3, 0.4) is 0 Å². The molecule has 1 N–H and O–H groups in total. The maximum Gasteiger partial charge on any atom is 0.233 e. The molecule has 1 heterocycles. The molecule has 1 saturated carbocycles. The highest BCUT2D eigenvalue weighted by atomic mass is 35.5. The minimum absolute atomic E-state index is 0. The van der Waals surface area contributed by atoms with Crippen LogP contribution in [0.25, 0.3) is 0 Å². The summed E-state index contributed by atoms with van der Waals surface area (Å²) < 4.78 is 0. The maximum atomic E-state index is 12.8. The molecule has 0 bridgehead atoms. The van der Waals surface area contributed by atoms with Crippen LogP contribution in [0, 0.1) is 5.92 Å². The largest absolute Gasteiger partial charge is 0.342 e. The van der Waals surface area contributed by atoms with Gasteiger partial charge in [-0.25, -0.2) is 0 Å². The molecule has 116 valence electrons. The summed E-state index contributed by atoms with van der Waals surface area (Å²) in [6.07, 6.45) is 3.06. The summed E-state index contributed by atoms with van der Waals surface area (Å²) in [5.74, 6) is 0.920. The summed E-state index contributed by atoms with van der Waals surface area (Å²) in [5.41, 5.74) is 0.878. The predicted octanol–water partition coefficient (Wildman–Crippen LogP) is 2.86. The number of nitrogens with one attached hydrogen (secondary N) is 1. The Bertz CT molecular complexity index is 500. The van der Waals surface area contributed by atoms with Gasteiger partial charge in [0, 0.05) is 18.1 Å². The molecular formula is C16H22Cl2N2O. The summed E-state index contributed by atoms with van der Waals surface area (Å²) in [7, 11) is 1.97. The van der Waals surface area contributed by atoms with E-state index in [4.69, 9.17) is 11.6 Å². The molecule has 1 unspecified atom stereocenters. The lowest BCUT2D eigenvalue weighted by molar-refractivity contribution is -0.133. The van der Waals surface area contributed by atoms with E-state index >= 15 is 0 Å². The van der Waals surface area contributed by atoms with E-state index in [-0.39, 0.29) is 17.8 Å². The van der Waals surface area contributed by atoms with Gasteiger partial charge < -0.3 is 10.2 Å². The van der Waals surface area contributed by atoms with Gasteiger partial charge in [0.25, 0.3) is 0 Å². The molecular weight excluding hydrogens is 307 g/mol. The van der Waals surface area contributed by atoms with E-state index in [9.17, 15) is 4.79 Å². The number of likely N-dealkylation sites (tertiary alicyclic amines) is 1. The maximum absolute atomic E-state index is 12.8. The van der Waals surface area contributed by atoms with Crippen molar-refractivity contribution in [2.45, 2.75) is 24.7 Å². The molecule has 3 nitrogen and oxygen atoms in total. The van der Waals surface area contributed by atoms with Crippen LogP contribution in [0.15, 0.2) is 24.3 Å². The fraction of sp³-hybridized carbons (Fsp3) is 0.562. The van der Waals surface area contributed by atoms with Crippen LogP contribution in [-0.4, -0.2) is 37.5 Å². The van der Waals surface area contributed by atoms with Crippen molar-refractivity contribution in [1.29, 1.82) is 0 Å². The molecule has 3 rings (SSSR count). The molecule has 1 aromatic rings. The number of rotatable bonds is 4. The van der Waals surface area contributed by atoms with Gasteiger partial charge in [0.05, 0.1) is 5.41 Å². The first-order valence-electron chi connectivity index (χ1n) is 7.36. The van der Waals surface area contributed by atoms with Crippen LogP contribution in [0.1, 0.15) is 24.8 Å². The third kappa shape index (κ3) is 3.20. The van der Waals surface area contributed by atoms with Crippen LogP contribution < -0.4 is 5.32 Å². The van der Waals surface area contributed by atoms with E-state index in [1.54, 1.807) is 0 Å². The van der Waals surface area contributed by atoms with Crippen molar-refractivity contribution in [1.82, 2.24) is 10.2 Å². The first-order valence-corrected chi connectivity index (χ1v) is 7.73. The second-order valence-electron chi connectivity index (χ2n) is 6.05. The molecule has 0 aromatic heterocycles. The molecule has 1 aromatic carbocycles. The molecule has 1 amide bonds. The van der Waals surface area contributed by atoms with E-state index < -0.39 is 0 Å². The van der Waals surface area contributed by atoms with Gasteiger partial charge in [0.1, 0.15) is 0 Å². The van der Waals surface area contributed by atoms with Gasteiger partial charge in [-0.1, -0.05) is 23.7 Å². The molecule has 1 aliphatic heterocycles. The summed E-state index contributed by atoms with van der Waals surface area (Å²) >= 11 is 5.94. The minimum Gasteiger partial charge on any atom is -0.342 e. The number of hydrogen-bond acceptors (Lipinski definition) is 2. The number of carbonyl (C=O) groups is 1. The predicted molar refractivity (Wildman–Crippen MR) is 88.2 cm³/mol. The monoisotopic (exact) mass is 328 g/mol. The van der Waals surface area contributed by atoms with Gasteiger partial charge >= 0.3 is 0 Å². The molecule has 2 aliphatic rings. The van der Waals surface area contributed by atoms with Crippen molar-refractivity contribution in [3.8, 4) is 0 Å². The van der Waals surface area contributed by atoms with E-state index in [0.29, 0.717) is 11.8 Å². The van der Waals surface area contributed by atoms with Crippen molar-refractivity contribution >= 4 is 29.9 Å². The first kappa shape index (κ1) is 16.6. The average Bonchev–Trinajstić information content (AvgIpc) is 3.13. The van der Waals surface area contributed by atoms with Crippen LogP contribution in [0.4, 0.5) is 0 Å². The average molecular weight is 329 g/mol. The highest BCUT2D eigenvalue weighted by molar-refractivity contribution is 6.30. The quantitative estimate of drug-likeness (QED) is 0.921. The van der Waals surface area contributed by atoms with E-state index in [2.05, 4.69) is 10.2 Å². The van der Waals surface area contributed by atoms with E-state index in [1.807, 2.05) is 31.3 Å². The number of nitrogens with zero attached hydrogens (tertiary/aromatic N) is 1. The second kappa shape index (κ2) is 6.55. The Kier molecular flexibility index (Phi) is 5.18. The molecule has 1 atom stereocenters. The van der Waals surface area contributed by atoms with Crippen molar-refractivity contribution < 1.29 is 4.79 Å². The molecule has 1 saturated heterocycles. The normalized spacial score (nSPS) is 22.8. The van der Waals surface area contributed by atoms with Gasteiger partial charge in [-0.15, -0.1) is 12.4 Å². The van der Waals surface area contributed by atoms with Gasteiger partial charge in [-0.3, -0.25) is 4.79 Å². The Morgan fingerprint density at radius 1 is 1.38 bits per heavy atom. The zero-order valence-electron chi connectivity index (χ0n) is 12.3. The second-order valence-corrected chi connectivity index (χ2v) is 6.49. The summed E-state index contributed by atoms with van der Waals surface area (Å²) in [5, 5.41) is 3.94. The van der Waals surface area contributed by atoms with Gasteiger partial charge in [-0.05, 0) is 56.5 Å². The highest BCUT2D eigenvalue weighted by Crippen LogP contribution is 2.50. The third-order valence-corrected chi connectivity index (χ3v) is 4.87. The standard InChI is InChI=1S/C16H21ClN2O.ClH/c1-18-10-12-6-9-19(11-12)15(20)16(7-8-16)13-2-4-14(17)5-3-13;/h2-5,12,18H,6-11H2,1H3;1H. The molecule has 1 aliphatic carbocycles. The summed E-state index contributed by atoms with van der Waals surface area (Å²) in [6.45, 7) is 2.80. The highest BCUT2D eigenvalue weighted by Gasteiger charge is 2.53. The Morgan fingerprint density at radius 3 is 2.62 bits per heavy atom. The number of carbonyl (C=O) groups excluding carboxylic acids is 1. The number of benzene rings is 1. The Labute approximate surface area is 137 Å². The topological polar surface area (TPSA) is 32.3 Å². The van der Waals surface area contributed by atoms with Crippen LogP contribution in [0.5, 0.6) is 0 Å². The summed E-state index contributed by atoms with van der Waals surface area (Å²) in [4.78, 5) is 14.9. The van der Waals surface area contributed by atoms with Crippen molar-refractivity contribution in [2.75, 3.05) is 26.7 Å². The van der Waals surface area contributed by atoms with E-state index in [1.165, 1.54) is 0 Å².